The SMILES string of the molecule is ICC1CCCCN1C1CCOCC1. The zero-order chi connectivity index (χ0) is 9.80. The number of alkyl halides is 1. The van der Waals surface area contributed by atoms with Crippen molar-refractivity contribution in [3.63, 3.8) is 0 Å². The van der Waals surface area contributed by atoms with Crippen molar-refractivity contribution in [1.29, 1.82) is 0 Å². The first-order chi connectivity index (χ1) is 6.92. The number of nitrogens with zero attached hydrogens (tertiary/aromatic N) is 1. The number of halogens is 1. The van der Waals surface area contributed by atoms with Gasteiger partial charge in [-0.3, -0.25) is 4.90 Å². The van der Waals surface area contributed by atoms with Crippen molar-refractivity contribution in [3.8, 4) is 0 Å². The molecule has 14 heavy (non-hydrogen) atoms. The van der Waals surface area contributed by atoms with E-state index in [1.54, 1.807) is 0 Å². The van der Waals surface area contributed by atoms with Crippen LogP contribution >= 0.6 is 22.6 Å². The maximum Gasteiger partial charge on any atom is 0.0480 e. The molecule has 1 unspecified atom stereocenters. The van der Waals surface area contributed by atoms with Crippen molar-refractivity contribution in [1.82, 2.24) is 4.90 Å². The van der Waals surface area contributed by atoms with Gasteiger partial charge in [0.2, 0.25) is 0 Å². The van der Waals surface area contributed by atoms with E-state index in [1.807, 2.05) is 0 Å². The molecular weight excluding hydrogens is 289 g/mol. The van der Waals surface area contributed by atoms with E-state index < -0.39 is 0 Å². The van der Waals surface area contributed by atoms with Gasteiger partial charge in [0.15, 0.2) is 0 Å². The standard InChI is InChI=1S/C11H20INO/c12-9-11-3-1-2-6-13(11)10-4-7-14-8-5-10/h10-11H,1-9H2. The quantitative estimate of drug-likeness (QED) is 0.574. The van der Waals surface area contributed by atoms with Crippen LogP contribution in [0.5, 0.6) is 0 Å². The Hall–Kier alpha value is 0.650. The Morgan fingerprint density at radius 1 is 1.14 bits per heavy atom. The second-order valence-corrected chi connectivity index (χ2v) is 5.27. The lowest BCUT2D eigenvalue weighted by Gasteiger charge is -2.42. The molecule has 0 aromatic carbocycles. The third kappa shape index (κ3) is 2.61. The lowest BCUT2D eigenvalue weighted by Crippen LogP contribution is -2.49. The van der Waals surface area contributed by atoms with Crippen molar-refractivity contribution in [3.05, 3.63) is 0 Å². The van der Waals surface area contributed by atoms with Crippen LogP contribution in [0.4, 0.5) is 0 Å². The molecule has 2 nitrogen and oxygen atoms in total. The number of hydrogen-bond donors (Lipinski definition) is 0. The maximum absolute atomic E-state index is 5.43. The van der Waals surface area contributed by atoms with Gasteiger partial charge in [-0.2, -0.15) is 0 Å². The fourth-order valence-electron chi connectivity index (χ4n) is 2.69. The van der Waals surface area contributed by atoms with Gasteiger partial charge in [0.1, 0.15) is 0 Å². The normalized spacial score (nSPS) is 31.9. The number of hydrogen-bond acceptors (Lipinski definition) is 2. The van der Waals surface area contributed by atoms with Crippen molar-refractivity contribution in [2.45, 2.75) is 44.2 Å². The van der Waals surface area contributed by atoms with Crippen LogP contribution in [0.25, 0.3) is 0 Å². The van der Waals surface area contributed by atoms with Crippen molar-refractivity contribution < 1.29 is 4.74 Å². The smallest absolute Gasteiger partial charge is 0.0480 e. The van der Waals surface area contributed by atoms with E-state index in [4.69, 9.17) is 4.74 Å². The molecule has 3 heteroatoms. The van der Waals surface area contributed by atoms with Gasteiger partial charge in [0, 0.05) is 29.7 Å². The van der Waals surface area contributed by atoms with E-state index in [-0.39, 0.29) is 0 Å². The Kier molecular flexibility index (Phi) is 4.50. The molecule has 0 amide bonds. The van der Waals surface area contributed by atoms with Crippen molar-refractivity contribution in [2.24, 2.45) is 0 Å². The zero-order valence-electron chi connectivity index (χ0n) is 8.75. The van der Waals surface area contributed by atoms with E-state index >= 15 is 0 Å². The number of piperidine rings is 1. The molecule has 0 bridgehead atoms. The molecule has 0 spiro atoms. The van der Waals surface area contributed by atoms with Crippen LogP contribution in [0.3, 0.4) is 0 Å². The highest BCUT2D eigenvalue weighted by atomic mass is 127. The van der Waals surface area contributed by atoms with Gasteiger partial charge in [-0.05, 0) is 32.2 Å². The van der Waals surface area contributed by atoms with Crippen LogP contribution in [-0.2, 0) is 4.74 Å². The third-order valence-electron chi connectivity index (χ3n) is 3.51. The second-order valence-electron chi connectivity index (χ2n) is 4.39. The summed E-state index contributed by atoms with van der Waals surface area (Å²) in [6.45, 7) is 3.29. The van der Waals surface area contributed by atoms with Crippen molar-refractivity contribution >= 4 is 22.6 Å². The summed E-state index contributed by atoms with van der Waals surface area (Å²) in [6.07, 6.45) is 6.78. The number of ether oxygens (including phenoxy) is 1. The van der Waals surface area contributed by atoms with Crippen molar-refractivity contribution in [2.75, 3.05) is 24.2 Å². The van der Waals surface area contributed by atoms with Crippen LogP contribution in [0.2, 0.25) is 0 Å². The van der Waals surface area contributed by atoms with Crippen LogP contribution in [0.15, 0.2) is 0 Å². The molecule has 0 N–H and O–H groups in total. The minimum absolute atomic E-state index is 0.823. The molecule has 0 radical (unpaired) electrons. The van der Waals surface area contributed by atoms with Gasteiger partial charge < -0.3 is 4.74 Å². The van der Waals surface area contributed by atoms with Gasteiger partial charge in [0.25, 0.3) is 0 Å². The fraction of sp³-hybridized carbons (Fsp3) is 1.00. The number of rotatable bonds is 2. The van der Waals surface area contributed by atoms with Gasteiger partial charge in [-0.15, -0.1) is 0 Å². The molecule has 2 aliphatic heterocycles. The molecule has 1 atom stereocenters. The van der Waals surface area contributed by atoms with Gasteiger partial charge in [0.05, 0.1) is 0 Å². The van der Waals surface area contributed by atoms with Crippen LogP contribution < -0.4 is 0 Å². The highest BCUT2D eigenvalue weighted by molar-refractivity contribution is 14.1. The van der Waals surface area contributed by atoms with E-state index in [1.165, 1.54) is 43.1 Å². The average Bonchev–Trinajstić information content (AvgIpc) is 2.30. The van der Waals surface area contributed by atoms with Crippen LogP contribution in [-0.4, -0.2) is 41.2 Å². The highest BCUT2D eigenvalue weighted by Gasteiger charge is 2.28. The van der Waals surface area contributed by atoms with E-state index in [2.05, 4.69) is 27.5 Å². The second kappa shape index (κ2) is 5.66. The summed E-state index contributed by atoms with van der Waals surface area (Å²) in [5, 5.41) is 0. The third-order valence-corrected chi connectivity index (χ3v) is 4.53. The summed E-state index contributed by atoms with van der Waals surface area (Å²) < 4.78 is 6.73. The molecule has 2 heterocycles. The molecule has 0 aromatic heterocycles. The predicted molar refractivity (Wildman–Crippen MR) is 67.1 cm³/mol. The molecule has 82 valence electrons. The monoisotopic (exact) mass is 309 g/mol. The Morgan fingerprint density at radius 2 is 1.93 bits per heavy atom. The van der Waals surface area contributed by atoms with Gasteiger partial charge in [-0.25, -0.2) is 0 Å². The van der Waals surface area contributed by atoms with Gasteiger partial charge >= 0.3 is 0 Å². The first-order valence-corrected chi connectivity index (χ1v) is 7.34. The van der Waals surface area contributed by atoms with Gasteiger partial charge in [-0.1, -0.05) is 29.0 Å². The first-order valence-electron chi connectivity index (χ1n) is 5.81. The Labute approximate surface area is 101 Å². The largest absolute Gasteiger partial charge is 0.381 e. The maximum atomic E-state index is 5.43. The summed E-state index contributed by atoms with van der Waals surface area (Å²) in [6, 6.07) is 1.68. The zero-order valence-corrected chi connectivity index (χ0v) is 10.9. The fourth-order valence-corrected chi connectivity index (χ4v) is 3.63. The Morgan fingerprint density at radius 3 is 2.64 bits per heavy atom. The topological polar surface area (TPSA) is 12.5 Å². The molecule has 2 saturated heterocycles. The highest BCUT2D eigenvalue weighted by Crippen LogP contribution is 2.25. The molecule has 2 rings (SSSR count). The average molecular weight is 309 g/mol. The minimum Gasteiger partial charge on any atom is -0.381 e. The lowest BCUT2D eigenvalue weighted by atomic mass is 9.98. The Balaban J connectivity index is 1.91. The van der Waals surface area contributed by atoms with E-state index in [0.29, 0.717) is 0 Å². The van der Waals surface area contributed by atoms with Crippen LogP contribution in [0.1, 0.15) is 32.1 Å². The first kappa shape index (κ1) is 11.1. The summed E-state index contributed by atoms with van der Waals surface area (Å²) in [5.41, 5.74) is 0. The molecule has 0 aliphatic carbocycles. The lowest BCUT2D eigenvalue weighted by molar-refractivity contribution is 0.0104. The summed E-state index contributed by atoms with van der Waals surface area (Å²) >= 11 is 2.55. The molecule has 0 aromatic rings. The molecule has 2 fully saturated rings. The van der Waals surface area contributed by atoms with E-state index in [9.17, 15) is 0 Å². The summed E-state index contributed by atoms with van der Waals surface area (Å²) in [7, 11) is 0. The Bertz CT molecular complexity index is 171. The van der Waals surface area contributed by atoms with E-state index in [0.717, 1.165) is 25.3 Å². The minimum atomic E-state index is 0.823. The molecular formula is C11H20INO. The summed E-state index contributed by atoms with van der Waals surface area (Å²) in [4.78, 5) is 2.76. The number of likely N-dealkylation sites (tertiary alicyclic amines) is 1. The predicted octanol–water partition coefficient (Wildman–Crippen LogP) is 2.45. The summed E-state index contributed by atoms with van der Waals surface area (Å²) in [5.74, 6) is 0. The van der Waals surface area contributed by atoms with Crippen LogP contribution in [0, 0.1) is 0 Å². The molecule has 2 aliphatic rings. The molecule has 0 saturated carbocycles.